The second-order valence-electron chi connectivity index (χ2n) is 5.53. The fourth-order valence-electron chi connectivity index (χ4n) is 2.65. The average Bonchev–Trinajstić information content (AvgIpc) is 3.15. The van der Waals surface area contributed by atoms with Crippen LogP contribution in [0.2, 0.25) is 0 Å². The summed E-state index contributed by atoms with van der Waals surface area (Å²) >= 11 is 0. The van der Waals surface area contributed by atoms with Gasteiger partial charge in [-0.05, 0) is 6.42 Å². The van der Waals surface area contributed by atoms with Crippen molar-refractivity contribution >= 4 is 11.9 Å². The van der Waals surface area contributed by atoms with Crippen LogP contribution in [-0.2, 0) is 11.3 Å². The summed E-state index contributed by atoms with van der Waals surface area (Å²) in [4.78, 5) is 28.8. The number of rotatable bonds is 6. The fourth-order valence-corrected chi connectivity index (χ4v) is 2.65. The molecule has 3 rings (SSSR count). The molecule has 1 aliphatic rings. The van der Waals surface area contributed by atoms with Gasteiger partial charge in [0, 0.05) is 51.4 Å². The molecule has 128 valence electrons. The van der Waals surface area contributed by atoms with Gasteiger partial charge < -0.3 is 14.5 Å². The minimum absolute atomic E-state index is 0.182. The Morgan fingerprint density at radius 3 is 2.83 bits per heavy atom. The van der Waals surface area contributed by atoms with Crippen LogP contribution in [0.25, 0.3) is 0 Å². The van der Waals surface area contributed by atoms with Gasteiger partial charge in [-0.25, -0.2) is 9.97 Å². The molecular weight excluding hydrogens is 310 g/mol. The van der Waals surface area contributed by atoms with E-state index in [1.54, 1.807) is 30.4 Å². The Kier molecular flexibility index (Phi) is 5.19. The zero-order valence-corrected chi connectivity index (χ0v) is 13.7. The van der Waals surface area contributed by atoms with Crippen molar-refractivity contribution in [3.63, 3.8) is 0 Å². The summed E-state index contributed by atoms with van der Waals surface area (Å²) in [6, 6.07) is 1.72. The number of aromatic nitrogens is 5. The molecule has 0 bridgehead atoms. The van der Waals surface area contributed by atoms with Crippen molar-refractivity contribution in [2.45, 2.75) is 19.4 Å². The number of aryl methyl sites for hydroxylation is 1. The standard InChI is InChI=1S/C15H21N7O2/c1-24-13-4-5-17-15(19-13)21-9-7-20(8-10-21)14(23)3-2-6-22-12-16-11-18-22/h4-5,11-12H,2-3,6-10H2,1H3. The summed E-state index contributed by atoms with van der Waals surface area (Å²) in [6.45, 7) is 3.53. The highest BCUT2D eigenvalue weighted by atomic mass is 16.5. The predicted molar refractivity (Wildman–Crippen MR) is 86.6 cm³/mol. The molecule has 0 N–H and O–H groups in total. The van der Waals surface area contributed by atoms with E-state index < -0.39 is 0 Å². The number of methoxy groups -OCH3 is 1. The summed E-state index contributed by atoms with van der Waals surface area (Å²) in [6.07, 6.45) is 6.14. The highest BCUT2D eigenvalue weighted by molar-refractivity contribution is 5.76. The highest BCUT2D eigenvalue weighted by Crippen LogP contribution is 2.15. The van der Waals surface area contributed by atoms with E-state index in [4.69, 9.17) is 4.74 Å². The molecule has 1 amide bonds. The lowest BCUT2D eigenvalue weighted by Crippen LogP contribution is -2.49. The third-order valence-electron chi connectivity index (χ3n) is 3.99. The van der Waals surface area contributed by atoms with Gasteiger partial charge in [-0.3, -0.25) is 9.48 Å². The molecule has 24 heavy (non-hydrogen) atoms. The van der Waals surface area contributed by atoms with Crippen molar-refractivity contribution in [2.75, 3.05) is 38.2 Å². The van der Waals surface area contributed by atoms with Crippen LogP contribution < -0.4 is 9.64 Å². The van der Waals surface area contributed by atoms with Gasteiger partial charge in [-0.15, -0.1) is 0 Å². The number of carbonyl (C=O) groups excluding carboxylic acids is 1. The number of hydrogen-bond acceptors (Lipinski definition) is 7. The lowest BCUT2D eigenvalue weighted by Gasteiger charge is -2.34. The largest absolute Gasteiger partial charge is 0.481 e. The topological polar surface area (TPSA) is 89.3 Å². The Hall–Kier alpha value is -2.71. The molecule has 2 aromatic rings. The molecule has 0 unspecified atom stereocenters. The molecule has 0 atom stereocenters. The minimum atomic E-state index is 0.182. The minimum Gasteiger partial charge on any atom is -0.481 e. The summed E-state index contributed by atoms with van der Waals surface area (Å²) in [5.41, 5.74) is 0. The molecule has 0 saturated carbocycles. The van der Waals surface area contributed by atoms with Crippen LogP contribution in [0.3, 0.4) is 0 Å². The first-order valence-electron chi connectivity index (χ1n) is 7.98. The van der Waals surface area contributed by atoms with E-state index in [0.717, 1.165) is 19.5 Å². The zero-order valence-electron chi connectivity index (χ0n) is 13.7. The van der Waals surface area contributed by atoms with Gasteiger partial charge in [0.2, 0.25) is 17.7 Å². The Morgan fingerprint density at radius 2 is 2.12 bits per heavy atom. The van der Waals surface area contributed by atoms with Crippen LogP contribution in [0, 0.1) is 0 Å². The van der Waals surface area contributed by atoms with Gasteiger partial charge in [0.05, 0.1) is 7.11 Å². The van der Waals surface area contributed by atoms with Crippen LogP contribution in [0.1, 0.15) is 12.8 Å². The van der Waals surface area contributed by atoms with E-state index in [2.05, 4.69) is 25.0 Å². The van der Waals surface area contributed by atoms with Crippen LogP contribution in [-0.4, -0.2) is 68.8 Å². The van der Waals surface area contributed by atoms with E-state index in [-0.39, 0.29) is 5.91 Å². The summed E-state index contributed by atoms with van der Waals surface area (Å²) < 4.78 is 6.87. The van der Waals surface area contributed by atoms with Crippen LogP contribution >= 0.6 is 0 Å². The van der Waals surface area contributed by atoms with E-state index in [0.29, 0.717) is 37.9 Å². The third kappa shape index (κ3) is 3.98. The van der Waals surface area contributed by atoms with E-state index in [9.17, 15) is 4.79 Å². The molecule has 0 spiro atoms. The van der Waals surface area contributed by atoms with E-state index in [1.165, 1.54) is 6.33 Å². The van der Waals surface area contributed by atoms with Crippen LogP contribution in [0.15, 0.2) is 24.9 Å². The number of amides is 1. The van der Waals surface area contributed by atoms with Crippen molar-refractivity contribution in [3.8, 4) is 5.88 Å². The van der Waals surface area contributed by atoms with Gasteiger partial charge in [-0.1, -0.05) is 0 Å². The van der Waals surface area contributed by atoms with Gasteiger partial charge >= 0.3 is 0 Å². The quantitative estimate of drug-likeness (QED) is 0.747. The molecular formula is C15H21N7O2. The number of piperazine rings is 1. The number of anilines is 1. The van der Waals surface area contributed by atoms with E-state index in [1.807, 2.05) is 4.90 Å². The van der Waals surface area contributed by atoms with Gasteiger partial charge in [0.25, 0.3) is 0 Å². The van der Waals surface area contributed by atoms with Gasteiger partial charge in [0.1, 0.15) is 12.7 Å². The zero-order chi connectivity index (χ0) is 16.8. The summed E-state index contributed by atoms with van der Waals surface area (Å²) in [5.74, 6) is 1.38. The normalized spacial score (nSPS) is 14.7. The van der Waals surface area contributed by atoms with Crippen molar-refractivity contribution in [2.24, 2.45) is 0 Å². The molecule has 0 aliphatic carbocycles. The molecule has 9 heteroatoms. The molecule has 1 fully saturated rings. The van der Waals surface area contributed by atoms with Crippen LogP contribution in [0.4, 0.5) is 5.95 Å². The van der Waals surface area contributed by atoms with Gasteiger partial charge in [0.15, 0.2) is 0 Å². The number of nitrogens with zero attached hydrogens (tertiary/aromatic N) is 7. The summed E-state index contributed by atoms with van der Waals surface area (Å²) in [7, 11) is 1.59. The molecule has 3 heterocycles. The lowest BCUT2D eigenvalue weighted by molar-refractivity contribution is -0.131. The number of carbonyl (C=O) groups is 1. The lowest BCUT2D eigenvalue weighted by atomic mass is 10.2. The second kappa shape index (κ2) is 7.71. The van der Waals surface area contributed by atoms with E-state index >= 15 is 0 Å². The Morgan fingerprint density at radius 1 is 1.29 bits per heavy atom. The molecule has 2 aromatic heterocycles. The SMILES string of the molecule is COc1ccnc(N2CCN(C(=O)CCCn3cncn3)CC2)n1. The maximum Gasteiger partial charge on any atom is 0.228 e. The Bertz CT molecular complexity index is 654. The maximum atomic E-state index is 12.3. The maximum absolute atomic E-state index is 12.3. The van der Waals surface area contributed by atoms with Crippen LogP contribution in [0.5, 0.6) is 5.88 Å². The summed E-state index contributed by atoms with van der Waals surface area (Å²) in [5, 5.41) is 4.03. The smallest absolute Gasteiger partial charge is 0.228 e. The molecule has 0 radical (unpaired) electrons. The Balaban J connectivity index is 1.44. The fraction of sp³-hybridized carbons (Fsp3) is 0.533. The molecule has 1 saturated heterocycles. The molecule has 1 aliphatic heterocycles. The first-order valence-corrected chi connectivity index (χ1v) is 7.98. The highest BCUT2D eigenvalue weighted by Gasteiger charge is 2.22. The first-order chi connectivity index (χ1) is 11.8. The first kappa shape index (κ1) is 16.2. The average molecular weight is 331 g/mol. The molecule has 9 nitrogen and oxygen atoms in total. The van der Waals surface area contributed by atoms with Crippen molar-refractivity contribution in [1.82, 2.24) is 29.6 Å². The predicted octanol–water partition coefficient (Wildman–Crippen LogP) is 0.206. The van der Waals surface area contributed by atoms with Gasteiger partial charge in [-0.2, -0.15) is 10.1 Å². The molecule has 0 aromatic carbocycles. The monoisotopic (exact) mass is 331 g/mol. The Labute approximate surface area is 140 Å². The second-order valence-corrected chi connectivity index (χ2v) is 5.53. The number of ether oxygens (including phenoxy) is 1. The van der Waals surface area contributed by atoms with Crippen molar-refractivity contribution in [1.29, 1.82) is 0 Å². The van der Waals surface area contributed by atoms with Crippen molar-refractivity contribution in [3.05, 3.63) is 24.9 Å². The number of hydrogen-bond donors (Lipinski definition) is 0. The third-order valence-corrected chi connectivity index (χ3v) is 3.99. The van der Waals surface area contributed by atoms with Crippen molar-refractivity contribution < 1.29 is 9.53 Å².